The number of thiazole rings is 1. The Labute approximate surface area is 132 Å². The zero-order valence-electron chi connectivity index (χ0n) is 12.5. The summed E-state index contributed by atoms with van der Waals surface area (Å²) in [5.74, 6) is 1.69. The highest BCUT2D eigenvalue weighted by Gasteiger charge is 2.23. The highest BCUT2D eigenvalue weighted by Crippen LogP contribution is 2.37. The molecule has 22 heavy (non-hydrogen) atoms. The second-order valence-corrected chi connectivity index (χ2v) is 6.74. The monoisotopic (exact) mass is 318 g/mol. The lowest BCUT2D eigenvalue weighted by Gasteiger charge is -2.03. The van der Waals surface area contributed by atoms with E-state index < -0.39 is 0 Å². The van der Waals surface area contributed by atoms with Crippen LogP contribution < -0.4 is 14.3 Å². The number of hydrogen-bond acceptors (Lipinski definition) is 4. The average Bonchev–Trinajstić information content (AvgIpc) is 3.23. The maximum absolute atomic E-state index is 12.3. The number of aryl methyl sites for hydroxylation is 1. The number of fused-ring (bicyclic) bond motifs is 2. The zero-order chi connectivity index (χ0) is 15.1. The highest BCUT2D eigenvalue weighted by atomic mass is 32.1. The van der Waals surface area contributed by atoms with Crippen molar-refractivity contribution in [3.63, 3.8) is 0 Å². The van der Waals surface area contributed by atoms with Crippen LogP contribution in [-0.2, 0) is 11.3 Å². The van der Waals surface area contributed by atoms with Gasteiger partial charge in [0, 0.05) is 24.6 Å². The number of hydrogen-bond donors (Lipinski definition) is 0. The van der Waals surface area contributed by atoms with E-state index in [4.69, 9.17) is 9.47 Å². The highest BCUT2D eigenvalue weighted by molar-refractivity contribution is 7.16. The fraction of sp³-hybridized carbons (Fsp3) is 0.500. The predicted molar refractivity (Wildman–Crippen MR) is 84.1 cm³/mol. The van der Waals surface area contributed by atoms with Gasteiger partial charge in [-0.3, -0.25) is 4.79 Å². The number of ether oxygens (including phenoxy) is 2. The van der Waals surface area contributed by atoms with Crippen molar-refractivity contribution >= 4 is 27.5 Å². The third kappa shape index (κ3) is 2.22. The average molecular weight is 318 g/mol. The van der Waals surface area contributed by atoms with Gasteiger partial charge in [0.15, 0.2) is 16.3 Å². The molecular formula is C16H18N2O3S. The summed E-state index contributed by atoms with van der Waals surface area (Å²) in [4.78, 5) is 17.5. The van der Waals surface area contributed by atoms with E-state index in [2.05, 4.69) is 16.5 Å². The first-order valence-corrected chi connectivity index (χ1v) is 8.59. The molecule has 0 bridgehead atoms. The summed E-state index contributed by atoms with van der Waals surface area (Å²) in [6.45, 7) is 3.11. The van der Waals surface area contributed by atoms with Crippen LogP contribution in [0.5, 0.6) is 11.5 Å². The van der Waals surface area contributed by atoms with Gasteiger partial charge >= 0.3 is 0 Å². The Morgan fingerprint density at radius 3 is 2.77 bits per heavy atom. The van der Waals surface area contributed by atoms with Crippen LogP contribution in [0.25, 0.3) is 10.2 Å². The summed E-state index contributed by atoms with van der Waals surface area (Å²) in [7, 11) is 0. The summed E-state index contributed by atoms with van der Waals surface area (Å²) in [5.41, 5.74) is 1.05. The van der Waals surface area contributed by atoms with E-state index in [-0.39, 0.29) is 18.6 Å². The standard InChI is InChI=1S/C16H18N2O3S/c1-2-18-11-7-12-13(21-9-20-12)8-14(11)22-16(18)17-15(19)10-5-3-4-6-10/h7-8,10H,2-6,9H2,1H3. The Hall–Kier alpha value is -1.82. The van der Waals surface area contributed by atoms with Gasteiger partial charge in [-0.25, -0.2) is 0 Å². The normalized spacial score (nSPS) is 18.5. The van der Waals surface area contributed by atoms with E-state index >= 15 is 0 Å². The fourth-order valence-corrected chi connectivity index (χ4v) is 4.32. The molecule has 1 fully saturated rings. The van der Waals surface area contributed by atoms with E-state index in [9.17, 15) is 4.79 Å². The topological polar surface area (TPSA) is 52.8 Å². The predicted octanol–water partition coefficient (Wildman–Crippen LogP) is 3.07. The van der Waals surface area contributed by atoms with Gasteiger partial charge in [-0.05, 0) is 19.8 Å². The van der Waals surface area contributed by atoms with Crippen LogP contribution in [-0.4, -0.2) is 17.3 Å². The minimum absolute atomic E-state index is 0.0336. The largest absolute Gasteiger partial charge is 0.454 e. The molecule has 0 unspecified atom stereocenters. The van der Waals surface area contributed by atoms with E-state index in [0.29, 0.717) is 0 Å². The number of nitrogens with zero attached hydrogens (tertiary/aromatic N) is 2. The molecule has 1 aliphatic carbocycles. The Bertz CT molecular complexity index is 800. The Morgan fingerprint density at radius 1 is 1.32 bits per heavy atom. The third-order valence-electron chi connectivity index (χ3n) is 4.40. The van der Waals surface area contributed by atoms with E-state index in [1.807, 2.05) is 12.1 Å². The molecular weight excluding hydrogens is 300 g/mol. The molecule has 0 saturated heterocycles. The summed E-state index contributed by atoms with van der Waals surface area (Å²) < 4.78 is 14.0. The fourth-order valence-electron chi connectivity index (χ4n) is 3.21. The van der Waals surface area contributed by atoms with E-state index in [1.54, 1.807) is 11.3 Å². The molecule has 1 saturated carbocycles. The second kappa shape index (κ2) is 5.43. The second-order valence-electron chi connectivity index (χ2n) is 5.73. The van der Waals surface area contributed by atoms with Crippen LogP contribution in [0.3, 0.4) is 0 Å². The molecule has 2 heterocycles. The minimum atomic E-state index is 0.0336. The van der Waals surface area contributed by atoms with Crippen molar-refractivity contribution in [3.8, 4) is 11.5 Å². The zero-order valence-corrected chi connectivity index (χ0v) is 13.3. The van der Waals surface area contributed by atoms with E-state index in [1.165, 1.54) is 0 Å². The molecule has 4 rings (SSSR count). The minimum Gasteiger partial charge on any atom is -0.454 e. The first-order chi connectivity index (χ1) is 10.8. The SMILES string of the molecule is CCn1c(=NC(=O)C2CCCC2)sc2cc3c(cc21)OCO3. The van der Waals surface area contributed by atoms with Crippen molar-refractivity contribution < 1.29 is 14.3 Å². The lowest BCUT2D eigenvalue weighted by molar-refractivity contribution is -0.121. The van der Waals surface area contributed by atoms with Crippen molar-refractivity contribution in [2.45, 2.75) is 39.2 Å². The summed E-state index contributed by atoms with van der Waals surface area (Å²) in [5, 5.41) is 0. The molecule has 6 heteroatoms. The van der Waals surface area contributed by atoms with Crippen LogP contribution in [0.1, 0.15) is 32.6 Å². The lowest BCUT2D eigenvalue weighted by Crippen LogP contribution is -2.18. The van der Waals surface area contributed by atoms with Crippen LogP contribution in [0.4, 0.5) is 0 Å². The summed E-state index contributed by atoms with van der Waals surface area (Å²) in [6, 6.07) is 3.96. The molecule has 2 aromatic rings. The smallest absolute Gasteiger partial charge is 0.251 e. The van der Waals surface area contributed by atoms with Crippen molar-refractivity contribution in [1.82, 2.24) is 4.57 Å². The van der Waals surface area contributed by atoms with Crippen LogP contribution >= 0.6 is 11.3 Å². The molecule has 1 aromatic heterocycles. The summed E-state index contributed by atoms with van der Waals surface area (Å²) >= 11 is 1.54. The van der Waals surface area contributed by atoms with Crippen molar-refractivity contribution in [3.05, 3.63) is 16.9 Å². The lowest BCUT2D eigenvalue weighted by atomic mass is 10.1. The van der Waals surface area contributed by atoms with Crippen molar-refractivity contribution in [2.75, 3.05) is 6.79 Å². The number of aromatic nitrogens is 1. The molecule has 116 valence electrons. The van der Waals surface area contributed by atoms with Gasteiger partial charge in [-0.2, -0.15) is 4.99 Å². The molecule has 0 N–H and O–H groups in total. The number of carbonyl (C=O) groups excluding carboxylic acids is 1. The van der Waals surface area contributed by atoms with Crippen LogP contribution in [0, 0.1) is 5.92 Å². The molecule has 0 atom stereocenters. The molecule has 0 radical (unpaired) electrons. The van der Waals surface area contributed by atoms with Gasteiger partial charge in [-0.15, -0.1) is 0 Å². The van der Waals surface area contributed by atoms with Crippen molar-refractivity contribution in [1.29, 1.82) is 0 Å². The summed E-state index contributed by atoms with van der Waals surface area (Å²) in [6.07, 6.45) is 4.26. The van der Waals surface area contributed by atoms with E-state index in [0.717, 1.165) is 58.7 Å². The molecule has 1 amide bonds. The van der Waals surface area contributed by atoms with Gasteiger partial charge in [0.2, 0.25) is 6.79 Å². The molecule has 5 nitrogen and oxygen atoms in total. The molecule has 2 aliphatic rings. The van der Waals surface area contributed by atoms with Crippen LogP contribution in [0.2, 0.25) is 0 Å². The Kier molecular flexibility index (Phi) is 3.41. The van der Waals surface area contributed by atoms with Gasteiger partial charge < -0.3 is 14.0 Å². The first-order valence-electron chi connectivity index (χ1n) is 7.78. The molecule has 0 spiro atoms. The number of amides is 1. The number of rotatable bonds is 2. The third-order valence-corrected chi connectivity index (χ3v) is 5.44. The van der Waals surface area contributed by atoms with Gasteiger partial charge in [-0.1, -0.05) is 24.2 Å². The quantitative estimate of drug-likeness (QED) is 0.855. The van der Waals surface area contributed by atoms with Gasteiger partial charge in [0.1, 0.15) is 0 Å². The first kappa shape index (κ1) is 13.8. The molecule has 1 aromatic carbocycles. The maximum atomic E-state index is 12.3. The Morgan fingerprint density at radius 2 is 2.05 bits per heavy atom. The van der Waals surface area contributed by atoms with Crippen LogP contribution in [0.15, 0.2) is 17.1 Å². The van der Waals surface area contributed by atoms with Gasteiger partial charge in [0.25, 0.3) is 5.91 Å². The van der Waals surface area contributed by atoms with Crippen molar-refractivity contribution in [2.24, 2.45) is 10.9 Å². The number of carbonyl (C=O) groups is 1. The maximum Gasteiger partial charge on any atom is 0.251 e. The number of benzene rings is 1. The Balaban J connectivity index is 1.82. The molecule has 1 aliphatic heterocycles. The van der Waals surface area contributed by atoms with Gasteiger partial charge in [0.05, 0.1) is 10.2 Å².